The van der Waals surface area contributed by atoms with Crippen LogP contribution in [-0.2, 0) is 14.8 Å². The fraction of sp³-hybridized carbons (Fsp3) is 0.263. The number of amides is 1. The number of ether oxygens (including phenoxy) is 1. The van der Waals surface area contributed by atoms with Crippen LogP contribution in [0.15, 0.2) is 47.4 Å². The lowest BCUT2D eigenvalue weighted by molar-refractivity contribution is -0.116. The van der Waals surface area contributed by atoms with Crippen LogP contribution in [0.4, 0.5) is 10.1 Å². The molecule has 0 aromatic heterocycles. The van der Waals surface area contributed by atoms with E-state index < -0.39 is 26.6 Å². The van der Waals surface area contributed by atoms with Crippen molar-refractivity contribution in [2.75, 3.05) is 11.9 Å². The Labute approximate surface area is 162 Å². The maximum atomic E-state index is 13.5. The molecular weight excluding hydrogens is 387 g/mol. The summed E-state index contributed by atoms with van der Waals surface area (Å²) in [7, 11) is -4.11. The van der Waals surface area contributed by atoms with Crippen molar-refractivity contribution in [2.45, 2.75) is 31.1 Å². The molecule has 0 bridgehead atoms. The third-order valence-corrected chi connectivity index (χ3v) is 4.60. The Morgan fingerprint density at radius 3 is 2.39 bits per heavy atom. The quantitative estimate of drug-likeness (QED) is 0.619. The summed E-state index contributed by atoms with van der Waals surface area (Å²) in [5.41, 5.74) is 0.387. The summed E-state index contributed by atoms with van der Waals surface area (Å²) in [6.07, 6.45) is 0.673. The van der Waals surface area contributed by atoms with Crippen molar-refractivity contribution in [3.05, 3.63) is 53.8 Å². The molecule has 1 amide bonds. The van der Waals surface area contributed by atoms with Crippen molar-refractivity contribution in [1.82, 2.24) is 0 Å². The Morgan fingerprint density at radius 2 is 1.79 bits per heavy atom. The van der Waals surface area contributed by atoms with Crippen LogP contribution in [0.1, 0.15) is 36.5 Å². The fourth-order valence-electron chi connectivity index (χ4n) is 2.35. The van der Waals surface area contributed by atoms with Crippen LogP contribution in [0.2, 0.25) is 0 Å². The molecule has 0 radical (unpaired) electrons. The van der Waals surface area contributed by atoms with Crippen molar-refractivity contribution >= 4 is 27.4 Å². The van der Waals surface area contributed by atoms with Crippen LogP contribution in [0.25, 0.3) is 0 Å². The first-order chi connectivity index (χ1) is 13.2. The maximum Gasteiger partial charge on any atom is 0.238 e. The van der Waals surface area contributed by atoms with Crippen molar-refractivity contribution in [3.63, 3.8) is 0 Å². The van der Waals surface area contributed by atoms with Gasteiger partial charge in [0.05, 0.1) is 11.5 Å². The molecule has 0 aliphatic rings. The molecule has 0 fully saturated rings. The number of carbonyl (C=O) groups excluding carboxylic acids is 2. The highest BCUT2D eigenvalue weighted by Gasteiger charge is 2.14. The first-order valence-corrected chi connectivity index (χ1v) is 10.1. The minimum absolute atomic E-state index is 0.0566. The largest absolute Gasteiger partial charge is 0.494 e. The van der Waals surface area contributed by atoms with Crippen LogP contribution in [0.3, 0.4) is 0 Å². The van der Waals surface area contributed by atoms with Gasteiger partial charge in [-0.05, 0) is 48.9 Å². The molecule has 0 saturated heterocycles. The van der Waals surface area contributed by atoms with E-state index in [1.54, 1.807) is 24.3 Å². The van der Waals surface area contributed by atoms with E-state index in [1.165, 1.54) is 0 Å². The van der Waals surface area contributed by atoms with Crippen molar-refractivity contribution < 1.29 is 27.1 Å². The van der Waals surface area contributed by atoms with Gasteiger partial charge in [0.2, 0.25) is 15.9 Å². The van der Waals surface area contributed by atoms with E-state index in [0.29, 0.717) is 17.9 Å². The monoisotopic (exact) mass is 408 g/mol. The molecule has 2 aromatic carbocycles. The highest BCUT2D eigenvalue weighted by molar-refractivity contribution is 7.89. The number of sulfonamides is 1. The summed E-state index contributed by atoms with van der Waals surface area (Å²) in [5, 5.41) is 7.33. The summed E-state index contributed by atoms with van der Waals surface area (Å²) in [6.45, 7) is 2.57. The first kappa shape index (κ1) is 21.5. The van der Waals surface area contributed by atoms with Gasteiger partial charge in [0.1, 0.15) is 11.6 Å². The molecule has 0 aliphatic heterocycles. The number of primary sulfonamides is 1. The molecule has 28 heavy (non-hydrogen) atoms. The van der Waals surface area contributed by atoms with Crippen LogP contribution in [-0.4, -0.2) is 26.7 Å². The lowest BCUT2D eigenvalue weighted by Gasteiger charge is -2.08. The van der Waals surface area contributed by atoms with E-state index in [0.717, 1.165) is 24.6 Å². The highest BCUT2D eigenvalue weighted by Crippen LogP contribution is 2.18. The second-order valence-corrected chi connectivity index (χ2v) is 7.63. The number of ketones is 1. The molecule has 3 N–H and O–H groups in total. The Kier molecular flexibility index (Phi) is 7.24. The number of hydrogen-bond donors (Lipinski definition) is 2. The lowest BCUT2D eigenvalue weighted by Crippen LogP contribution is -2.16. The zero-order chi connectivity index (χ0) is 20.7. The van der Waals surface area contributed by atoms with Crippen LogP contribution in [0, 0.1) is 5.82 Å². The zero-order valence-corrected chi connectivity index (χ0v) is 16.1. The minimum Gasteiger partial charge on any atom is -0.494 e. The molecule has 2 aromatic rings. The van der Waals surface area contributed by atoms with Crippen molar-refractivity contribution in [1.29, 1.82) is 0 Å². The number of halogens is 1. The molecule has 2 rings (SSSR count). The predicted octanol–water partition coefficient (Wildman–Crippen LogP) is 2.86. The molecule has 9 heteroatoms. The summed E-state index contributed by atoms with van der Waals surface area (Å²) >= 11 is 0. The molecule has 7 nitrogen and oxygen atoms in total. The molecule has 0 saturated carbocycles. The fourth-order valence-corrected chi connectivity index (χ4v) is 2.92. The Hall–Kier alpha value is -2.78. The molecular formula is C19H21FN2O5S. The third-order valence-electron chi connectivity index (χ3n) is 3.71. The van der Waals surface area contributed by atoms with Gasteiger partial charge >= 0.3 is 0 Å². The Morgan fingerprint density at radius 1 is 1.11 bits per heavy atom. The van der Waals surface area contributed by atoms with Gasteiger partial charge in [-0.25, -0.2) is 17.9 Å². The number of rotatable bonds is 9. The third kappa shape index (κ3) is 6.43. The number of Topliss-reactive ketones (excluding diaryl/α,β-unsaturated/α-hetero) is 1. The van der Waals surface area contributed by atoms with Gasteiger partial charge in [-0.15, -0.1) is 0 Å². The SMILES string of the molecule is CCCOc1ccc(C(=O)CCC(=O)Nc2cc(F)cc(S(N)(=O)=O)c2)cc1. The molecule has 0 spiro atoms. The maximum absolute atomic E-state index is 13.5. The zero-order valence-electron chi connectivity index (χ0n) is 15.3. The number of anilines is 1. The molecule has 0 aliphatic carbocycles. The van der Waals surface area contributed by atoms with Gasteiger partial charge in [0.15, 0.2) is 5.78 Å². The molecule has 150 valence electrons. The first-order valence-electron chi connectivity index (χ1n) is 8.58. The molecule has 0 heterocycles. The topological polar surface area (TPSA) is 116 Å². The van der Waals surface area contributed by atoms with E-state index in [1.807, 2.05) is 6.92 Å². The average molecular weight is 408 g/mol. The number of hydrogen-bond acceptors (Lipinski definition) is 5. The van der Waals surface area contributed by atoms with Crippen LogP contribution < -0.4 is 15.2 Å². The van der Waals surface area contributed by atoms with E-state index >= 15 is 0 Å². The molecule has 0 unspecified atom stereocenters. The highest BCUT2D eigenvalue weighted by atomic mass is 32.2. The van der Waals surface area contributed by atoms with Gasteiger partial charge in [-0.2, -0.15) is 0 Å². The summed E-state index contributed by atoms with van der Waals surface area (Å²) in [6, 6.07) is 9.38. The number of nitrogens with two attached hydrogens (primary N) is 1. The van der Waals surface area contributed by atoms with Gasteiger partial charge in [-0.1, -0.05) is 6.92 Å². The van der Waals surface area contributed by atoms with Crippen molar-refractivity contribution in [3.8, 4) is 5.75 Å². The minimum atomic E-state index is -4.11. The van der Waals surface area contributed by atoms with E-state index in [2.05, 4.69) is 5.32 Å². The smallest absolute Gasteiger partial charge is 0.238 e. The van der Waals surface area contributed by atoms with Crippen LogP contribution >= 0.6 is 0 Å². The van der Waals surface area contributed by atoms with Gasteiger partial charge in [-0.3, -0.25) is 9.59 Å². The van der Waals surface area contributed by atoms with Crippen molar-refractivity contribution in [2.24, 2.45) is 5.14 Å². The van der Waals surface area contributed by atoms with Crippen LogP contribution in [0.5, 0.6) is 5.75 Å². The van der Waals surface area contributed by atoms with Gasteiger partial charge in [0.25, 0.3) is 0 Å². The predicted molar refractivity (Wildman–Crippen MR) is 102 cm³/mol. The van der Waals surface area contributed by atoms with E-state index in [-0.39, 0.29) is 24.3 Å². The number of benzene rings is 2. The van der Waals surface area contributed by atoms with E-state index in [4.69, 9.17) is 9.88 Å². The lowest BCUT2D eigenvalue weighted by atomic mass is 10.1. The average Bonchev–Trinajstić information content (AvgIpc) is 2.63. The second kappa shape index (κ2) is 9.43. The number of carbonyl (C=O) groups is 2. The van der Waals surface area contributed by atoms with E-state index in [9.17, 15) is 22.4 Å². The number of nitrogens with one attached hydrogen (secondary N) is 1. The standard InChI is InChI=1S/C19H21FN2O5S/c1-2-9-27-16-5-3-13(4-6-16)18(23)7-8-19(24)22-15-10-14(20)11-17(12-15)28(21,25)26/h3-6,10-12H,2,7-9H2,1H3,(H,22,24)(H2,21,25,26). The molecule has 0 atom stereocenters. The summed E-state index contributed by atoms with van der Waals surface area (Å²) < 4.78 is 41.6. The van der Waals surface area contributed by atoms with Gasteiger partial charge in [0, 0.05) is 24.1 Å². The van der Waals surface area contributed by atoms with Gasteiger partial charge < -0.3 is 10.1 Å². The normalized spacial score (nSPS) is 11.1. The second-order valence-electron chi connectivity index (χ2n) is 6.06. The summed E-state index contributed by atoms with van der Waals surface area (Å²) in [4.78, 5) is 23.7. The Bertz CT molecular complexity index is 959. The summed E-state index contributed by atoms with van der Waals surface area (Å²) in [5.74, 6) is -0.986. The Balaban J connectivity index is 1.93.